The fraction of sp³-hybridized carbons (Fsp3) is 0.250. The minimum absolute atomic E-state index is 0.0366. The average Bonchev–Trinajstić information content (AvgIpc) is 2.93. The number of para-hydroxylation sites is 1. The Morgan fingerprint density at radius 1 is 1.19 bits per heavy atom. The van der Waals surface area contributed by atoms with Gasteiger partial charge in [-0.15, -0.1) is 0 Å². The zero-order valence-corrected chi connectivity index (χ0v) is 15.7. The fourth-order valence-electron chi connectivity index (χ4n) is 2.68. The Morgan fingerprint density at radius 2 is 1.89 bits per heavy atom. The molecule has 1 aliphatic heterocycles. The van der Waals surface area contributed by atoms with Gasteiger partial charge in [0.25, 0.3) is 0 Å². The van der Waals surface area contributed by atoms with Gasteiger partial charge in [0, 0.05) is 18.7 Å². The molecule has 0 unspecified atom stereocenters. The van der Waals surface area contributed by atoms with Crippen molar-refractivity contribution < 1.29 is 14.0 Å². The van der Waals surface area contributed by atoms with Gasteiger partial charge >= 0.3 is 0 Å². The summed E-state index contributed by atoms with van der Waals surface area (Å²) in [5.41, 5.74) is 1.27. The molecule has 0 aliphatic carbocycles. The van der Waals surface area contributed by atoms with Crippen LogP contribution in [0.3, 0.4) is 0 Å². The Morgan fingerprint density at radius 3 is 2.56 bits per heavy atom. The number of hydrogen-bond acceptors (Lipinski definition) is 4. The number of carbonyl (C=O) groups excluding carboxylic acids is 2. The van der Waals surface area contributed by atoms with E-state index >= 15 is 0 Å². The van der Waals surface area contributed by atoms with Crippen LogP contribution >= 0.6 is 11.8 Å². The highest BCUT2D eigenvalue weighted by molar-refractivity contribution is 8.15. The van der Waals surface area contributed by atoms with Crippen LogP contribution in [0.2, 0.25) is 0 Å². The van der Waals surface area contributed by atoms with Crippen molar-refractivity contribution in [3.05, 3.63) is 60.4 Å². The molecule has 1 atom stereocenters. The van der Waals surface area contributed by atoms with Gasteiger partial charge in [0.05, 0.1) is 5.69 Å². The van der Waals surface area contributed by atoms with Crippen molar-refractivity contribution in [1.82, 2.24) is 4.90 Å². The van der Waals surface area contributed by atoms with Crippen LogP contribution in [-0.2, 0) is 9.59 Å². The Bertz CT molecular complexity index is 840. The van der Waals surface area contributed by atoms with Crippen molar-refractivity contribution in [3.8, 4) is 0 Å². The van der Waals surface area contributed by atoms with E-state index in [4.69, 9.17) is 0 Å². The van der Waals surface area contributed by atoms with Crippen molar-refractivity contribution in [1.29, 1.82) is 0 Å². The highest BCUT2D eigenvalue weighted by Gasteiger charge is 2.38. The van der Waals surface area contributed by atoms with Gasteiger partial charge in [0.15, 0.2) is 5.17 Å². The van der Waals surface area contributed by atoms with Crippen LogP contribution < -0.4 is 5.32 Å². The lowest BCUT2D eigenvalue weighted by Crippen LogP contribution is -2.34. The first-order valence-corrected chi connectivity index (χ1v) is 9.62. The van der Waals surface area contributed by atoms with E-state index in [0.717, 1.165) is 12.1 Å². The molecule has 1 aliphatic rings. The van der Waals surface area contributed by atoms with Crippen LogP contribution in [0.5, 0.6) is 0 Å². The standard InChI is InChI=1S/C20H20FN3O2S/c1-2-12-24-19(26)17(27-20(24)23-15-6-4-3-5-7-15)13-18(25)22-16-10-8-14(21)9-11-16/h3-11,17H,2,12-13H2,1H3,(H,22,25)/t17-/m0/s1. The summed E-state index contributed by atoms with van der Waals surface area (Å²) in [6.45, 7) is 2.56. The first kappa shape index (κ1) is 19.1. The monoisotopic (exact) mass is 385 g/mol. The zero-order valence-electron chi connectivity index (χ0n) is 14.9. The van der Waals surface area contributed by atoms with Gasteiger partial charge in [0.2, 0.25) is 11.8 Å². The molecule has 0 radical (unpaired) electrons. The number of halogens is 1. The van der Waals surface area contributed by atoms with Gasteiger partial charge < -0.3 is 5.32 Å². The van der Waals surface area contributed by atoms with Gasteiger partial charge in [-0.25, -0.2) is 9.38 Å². The number of rotatable bonds is 6. The number of nitrogens with one attached hydrogen (secondary N) is 1. The van der Waals surface area contributed by atoms with Crippen LogP contribution in [0, 0.1) is 5.82 Å². The zero-order chi connectivity index (χ0) is 19.2. The third-order valence-corrected chi connectivity index (χ3v) is 5.12. The fourth-order valence-corrected chi connectivity index (χ4v) is 3.86. The van der Waals surface area contributed by atoms with Crippen molar-refractivity contribution in [2.45, 2.75) is 25.0 Å². The maximum atomic E-state index is 13.0. The van der Waals surface area contributed by atoms with Gasteiger partial charge in [-0.05, 0) is 42.8 Å². The van der Waals surface area contributed by atoms with E-state index in [-0.39, 0.29) is 24.1 Å². The first-order valence-electron chi connectivity index (χ1n) is 8.74. The molecule has 2 aromatic carbocycles. The molecule has 0 spiro atoms. The molecule has 27 heavy (non-hydrogen) atoms. The molecule has 0 aromatic heterocycles. The Balaban J connectivity index is 1.70. The van der Waals surface area contributed by atoms with Crippen LogP contribution in [0.15, 0.2) is 59.6 Å². The molecule has 140 valence electrons. The number of anilines is 1. The van der Waals surface area contributed by atoms with Crippen molar-refractivity contribution >= 4 is 40.1 Å². The number of thioether (sulfide) groups is 1. The minimum Gasteiger partial charge on any atom is -0.326 e. The molecule has 5 nitrogen and oxygen atoms in total. The number of amides is 2. The van der Waals surface area contributed by atoms with E-state index in [1.807, 2.05) is 37.3 Å². The predicted octanol–water partition coefficient (Wildman–Crippen LogP) is 4.20. The molecule has 3 rings (SSSR count). The van der Waals surface area contributed by atoms with E-state index in [1.165, 1.54) is 36.0 Å². The number of aliphatic imine (C=N–C) groups is 1. The van der Waals surface area contributed by atoms with E-state index < -0.39 is 5.25 Å². The number of nitrogens with zero attached hydrogens (tertiary/aromatic N) is 2. The normalized spacial score (nSPS) is 18.1. The van der Waals surface area contributed by atoms with E-state index in [2.05, 4.69) is 10.3 Å². The SMILES string of the molecule is CCCN1C(=O)[C@H](CC(=O)Nc2ccc(F)cc2)SC1=Nc1ccccc1. The molecule has 0 bridgehead atoms. The van der Waals surface area contributed by atoms with Crippen molar-refractivity contribution in [2.75, 3.05) is 11.9 Å². The predicted molar refractivity (Wildman–Crippen MR) is 107 cm³/mol. The first-order chi connectivity index (χ1) is 13.1. The van der Waals surface area contributed by atoms with Crippen LogP contribution in [0.4, 0.5) is 15.8 Å². The van der Waals surface area contributed by atoms with Gasteiger partial charge in [0.1, 0.15) is 11.1 Å². The van der Waals surface area contributed by atoms with Crippen LogP contribution in [0.1, 0.15) is 19.8 Å². The van der Waals surface area contributed by atoms with Crippen molar-refractivity contribution in [2.24, 2.45) is 4.99 Å². The molecule has 1 saturated heterocycles. The number of benzene rings is 2. The average molecular weight is 385 g/mol. The summed E-state index contributed by atoms with van der Waals surface area (Å²) in [4.78, 5) is 31.2. The number of carbonyl (C=O) groups is 2. The number of hydrogen-bond donors (Lipinski definition) is 1. The molecular weight excluding hydrogens is 365 g/mol. The lowest BCUT2D eigenvalue weighted by molar-refractivity contribution is -0.128. The third kappa shape index (κ3) is 4.95. The maximum absolute atomic E-state index is 13.0. The largest absolute Gasteiger partial charge is 0.326 e. The Labute approximate surface area is 161 Å². The van der Waals surface area contributed by atoms with Crippen LogP contribution in [-0.4, -0.2) is 33.7 Å². The second-order valence-electron chi connectivity index (χ2n) is 6.09. The molecule has 7 heteroatoms. The molecule has 2 amide bonds. The van der Waals surface area contributed by atoms with E-state index in [0.29, 0.717) is 17.4 Å². The lowest BCUT2D eigenvalue weighted by atomic mass is 10.2. The smallest absolute Gasteiger partial charge is 0.242 e. The lowest BCUT2D eigenvalue weighted by Gasteiger charge is -2.15. The van der Waals surface area contributed by atoms with Crippen molar-refractivity contribution in [3.63, 3.8) is 0 Å². The summed E-state index contributed by atoms with van der Waals surface area (Å²) in [5.74, 6) is -0.762. The molecular formula is C20H20FN3O2S. The molecule has 0 saturated carbocycles. The van der Waals surface area contributed by atoms with E-state index in [9.17, 15) is 14.0 Å². The summed E-state index contributed by atoms with van der Waals surface area (Å²) >= 11 is 1.31. The third-order valence-electron chi connectivity index (χ3n) is 3.95. The summed E-state index contributed by atoms with van der Waals surface area (Å²) in [7, 11) is 0. The summed E-state index contributed by atoms with van der Waals surface area (Å²) in [6, 6.07) is 15.0. The highest BCUT2D eigenvalue weighted by atomic mass is 32.2. The highest BCUT2D eigenvalue weighted by Crippen LogP contribution is 2.32. The van der Waals surface area contributed by atoms with Crippen LogP contribution in [0.25, 0.3) is 0 Å². The minimum atomic E-state index is -0.514. The Kier molecular flexibility index (Phi) is 6.24. The summed E-state index contributed by atoms with van der Waals surface area (Å²) in [6.07, 6.45) is 0.837. The molecule has 1 heterocycles. The number of amidine groups is 1. The van der Waals surface area contributed by atoms with Gasteiger partial charge in [-0.3, -0.25) is 14.5 Å². The van der Waals surface area contributed by atoms with Gasteiger partial charge in [-0.2, -0.15) is 0 Å². The second-order valence-corrected chi connectivity index (χ2v) is 7.26. The summed E-state index contributed by atoms with van der Waals surface area (Å²) in [5, 5.41) is 2.80. The molecule has 2 aromatic rings. The topological polar surface area (TPSA) is 61.8 Å². The summed E-state index contributed by atoms with van der Waals surface area (Å²) < 4.78 is 13.0. The molecule has 1 N–H and O–H groups in total. The second kappa shape index (κ2) is 8.81. The Hall–Kier alpha value is -2.67. The molecule has 1 fully saturated rings. The quantitative estimate of drug-likeness (QED) is 0.811. The van der Waals surface area contributed by atoms with E-state index in [1.54, 1.807) is 4.90 Å². The maximum Gasteiger partial charge on any atom is 0.242 e. The van der Waals surface area contributed by atoms with Gasteiger partial charge in [-0.1, -0.05) is 36.9 Å².